The largest absolute Gasteiger partial charge is 0.433 e. The fourth-order valence-corrected chi connectivity index (χ4v) is 2.89. The average Bonchev–Trinajstić information content (AvgIpc) is 2.55. The van der Waals surface area contributed by atoms with Crippen LogP contribution in [0.25, 0.3) is 5.57 Å². The van der Waals surface area contributed by atoms with Crippen LogP contribution in [0.15, 0.2) is 17.3 Å². The maximum atomic E-state index is 14.2. The zero-order chi connectivity index (χ0) is 17.9. The molecule has 0 spiro atoms. The third-order valence-corrected chi connectivity index (χ3v) is 4.39. The molecule has 0 aromatic heterocycles. The standard InChI is InChI=1S/C15H15Cl2F3N2O2/c1-9(14(17)22-5-3-2-4-21(22)8-23)10-6-13(24-15(19)20)11(16)7-12(10)18/h6-8,15H,2-5H2,1H3/b14-9+. The number of carbonyl (C=O) groups excluding carboxylic acids is 1. The highest BCUT2D eigenvalue weighted by atomic mass is 35.5. The molecular weight excluding hydrogens is 368 g/mol. The van der Waals surface area contributed by atoms with Crippen LogP contribution >= 0.6 is 23.2 Å². The maximum absolute atomic E-state index is 14.2. The second kappa shape index (κ2) is 7.98. The van der Waals surface area contributed by atoms with E-state index in [1.807, 2.05) is 0 Å². The number of allylic oxidation sites excluding steroid dienone is 1. The Morgan fingerprint density at radius 3 is 2.62 bits per heavy atom. The van der Waals surface area contributed by atoms with E-state index in [0.717, 1.165) is 25.0 Å². The van der Waals surface area contributed by atoms with Crippen LogP contribution in [-0.2, 0) is 4.79 Å². The van der Waals surface area contributed by atoms with Crippen molar-refractivity contribution in [3.8, 4) is 5.75 Å². The lowest BCUT2D eigenvalue weighted by molar-refractivity contribution is -0.133. The van der Waals surface area contributed by atoms with E-state index in [0.29, 0.717) is 19.5 Å². The molecule has 24 heavy (non-hydrogen) atoms. The number of rotatable bonds is 5. The van der Waals surface area contributed by atoms with Gasteiger partial charge in [0.1, 0.15) is 16.7 Å². The first-order valence-electron chi connectivity index (χ1n) is 7.15. The lowest BCUT2D eigenvalue weighted by atomic mass is 10.1. The Balaban J connectivity index is 2.42. The van der Waals surface area contributed by atoms with E-state index in [-0.39, 0.29) is 27.1 Å². The zero-order valence-electron chi connectivity index (χ0n) is 12.7. The second-order valence-corrected chi connectivity index (χ2v) is 5.92. The van der Waals surface area contributed by atoms with Gasteiger partial charge in [-0.2, -0.15) is 8.78 Å². The van der Waals surface area contributed by atoms with Crippen molar-refractivity contribution in [1.82, 2.24) is 10.0 Å². The molecule has 9 heteroatoms. The molecule has 0 atom stereocenters. The first-order chi connectivity index (χ1) is 11.3. The monoisotopic (exact) mass is 382 g/mol. The molecule has 2 rings (SSSR count). The lowest BCUT2D eigenvalue weighted by Crippen LogP contribution is -2.44. The van der Waals surface area contributed by atoms with E-state index in [4.69, 9.17) is 23.2 Å². The SMILES string of the molecule is C/C(=C(/Cl)N1CCCCN1C=O)c1cc(OC(F)F)c(Cl)cc1F. The summed E-state index contributed by atoms with van der Waals surface area (Å²) in [5.74, 6) is -1.08. The van der Waals surface area contributed by atoms with Crippen molar-refractivity contribution in [3.63, 3.8) is 0 Å². The minimum absolute atomic E-state index is 0.0310. The first-order valence-corrected chi connectivity index (χ1v) is 7.90. The van der Waals surface area contributed by atoms with Crippen LogP contribution in [0.3, 0.4) is 0 Å². The zero-order valence-corrected chi connectivity index (χ0v) is 14.3. The van der Waals surface area contributed by atoms with Crippen LogP contribution in [0.4, 0.5) is 13.2 Å². The number of hydrogen-bond donors (Lipinski definition) is 0. The molecule has 1 aliphatic rings. The number of hydrogen-bond acceptors (Lipinski definition) is 3. The summed E-state index contributed by atoms with van der Waals surface area (Å²) >= 11 is 12.0. The number of nitrogens with zero attached hydrogens (tertiary/aromatic N) is 2. The Kier molecular flexibility index (Phi) is 6.23. The van der Waals surface area contributed by atoms with E-state index >= 15 is 0 Å². The molecule has 1 heterocycles. The van der Waals surface area contributed by atoms with Gasteiger partial charge in [-0.05, 0) is 37.5 Å². The maximum Gasteiger partial charge on any atom is 0.387 e. The van der Waals surface area contributed by atoms with Gasteiger partial charge < -0.3 is 4.74 Å². The number of ether oxygens (including phenoxy) is 1. The molecule has 1 aliphatic heterocycles. The molecular formula is C15H15Cl2F3N2O2. The van der Waals surface area contributed by atoms with E-state index < -0.39 is 12.4 Å². The number of halogens is 5. The molecule has 0 unspecified atom stereocenters. The third-order valence-electron chi connectivity index (χ3n) is 3.62. The van der Waals surface area contributed by atoms with Gasteiger partial charge in [0.15, 0.2) is 0 Å². The Morgan fingerprint density at radius 2 is 2.00 bits per heavy atom. The van der Waals surface area contributed by atoms with Gasteiger partial charge in [-0.3, -0.25) is 14.8 Å². The van der Waals surface area contributed by atoms with Gasteiger partial charge in [0, 0.05) is 18.7 Å². The lowest BCUT2D eigenvalue weighted by Gasteiger charge is -2.37. The van der Waals surface area contributed by atoms with Crippen molar-refractivity contribution < 1.29 is 22.7 Å². The predicted molar refractivity (Wildman–Crippen MR) is 85.2 cm³/mol. The highest BCUT2D eigenvalue weighted by Crippen LogP contribution is 2.35. The van der Waals surface area contributed by atoms with Crippen molar-refractivity contribution in [2.24, 2.45) is 0 Å². The van der Waals surface area contributed by atoms with Crippen LogP contribution in [0.2, 0.25) is 5.02 Å². The fourth-order valence-electron chi connectivity index (χ4n) is 2.41. The summed E-state index contributed by atoms with van der Waals surface area (Å²) in [4.78, 5) is 11.1. The highest BCUT2D eigenvalue weighted by Gasteiger charge is 2.23. The summed E-state index contributed by atoms with van der Waals surface area (Å²) in [6.07, 6.45) is 2.29. The molecule has 0 N–H and O–H groups in total. The Morgan fingerprint density at radius 1 is 1.33 bits per heavy atom. The summed E-state index contributed by atoms with van der Waals surface area (Å²) in [5.41, 5.74) is 0.246. The minimum atomic E-state index is -3.09. The number of amides is 1. The first kappa shape index (κ1) is 18.7. The smallest absolute Gasteiger partial charge is 0.387 e. The van der Waals surface area contributed by atoms with E-state index in [1.165, 1.54) is 16.9 Å². The Labute approximate surface area is 147 Å². The van der Waals surface area contributed by atoms with Crippen molar-refractivity contribution in [2.75, 3.05) is 13.1 Å². The Hall–Kier alpha value is -1.60. The molecule has 1 aromatic rings. The minimum Gasteiger partial charge on any atom is -0.433 e. The molecule has 1 saturated heterocycles. The summed E-state index contributed by atoms with van der Waals surface area (Å²) in [6, 6.07) is 1.95. The van der Waals surface area contributed by atoms with Gasteiger partial charge in [-0.15, -0.1) is 0 Å². The molecule has 0 aliphatic carbocycles. The molecule has 0 bridgehead atoms. The number of hydrazine groups is 1. The molecule has 4 nitrogen and oxygen atoms in total. The molecule has 0 radical (unpaired) electrons. The van der Waals surface area contributed by atoms with Gasteiger partial charge in [-0.25, -0.2) is 4.39 Å². The van der Waals surface area contributed by atoms with Crippen molar-refractivity contribution in [3.05, 3.63) is 33.7 Å². The van der Waals surface area contributed by atoms with Gasteiger partial charge in [0.25, 0.3) is 0 Å². The number of carbonyl (C=O) groups is 1. The van der Waals surface area contributed by atoms with Gasteiger partial charge >= 0.3 is 6.61 Å². The van der Waals surface area contributed by atoms with Gasteiger partial charge in [0.05, 0.1) is 5.02 Å². The van der Waals surface area contributed by atoms with E-state index in [2.05, 4.69) is 4.74 Å². The van der Waals surface area contributed by atoms with Crippen molar-refractivity contribution in [2.45, 2.75) is 26.4 Å². The van der Waals surface area contributed by atoms with Gasteiger partial charge in [-0.1, -0.05) is 23.2 Å². The summed E-state index contributed by atoms with van der Waals surface area (Å²) in [5, 5.41) is 2.77. The quantitative estimate of drug-likeness (QED) is 0.556. The summed E-state index contributed by atoms with van der Waals surface area (Å²) in [6.45, 7) is -0.577. The molecule has 132 valence electrons. The summed E-state index contributed by atoms with van der Waals surface area (Å²) in [7, 11) is 0. The molecule has 0 saturated carbocycles. The van der Waals surface area contributed by atoms with Crippen LogP contribution in [0.1, 0.15) is 25.3 Å². The highest BCUT2D eigenvalue weighted by molar-refractivity contribution is 6.33. The van der Waals surface area contributed by atoms with Gasteiger partial charge in [0.2, 0.25) is 6.41 Å². The summed E-state index contributed by atoms with van der Waals surface area (Å²) < 4.78 is 43.3. The third kappa shape index (κ3) is 4.08. The second-order valence-electron chi connectivity index (χ2n) is 5.16. The molecule has 1 fully saturated rings. The van der Waals surface area contributed by atoms with Crippen molar-refractivity contribution in [1.29, 1.82) is 0 Å². The topological polar surface area (TPSA) is 32.8 Å². The number of alkyl halides is 2. The van der Waals surface area contributed by atoms with Crippen LogP contribution in [0, 0.1) is 5.82 Å². The number of benzene rings is 1. The average molecular weight is 383 g/mol. The Bertz CT molecular complexity index is 656. The fraction of sp³-hybridized carbons (Fsp3) is 0.400. The van der Waals surface area contributed by atoms with Crippen LogP contribution < -0.4 is 4.74 Å². The predicted octanol–water partition coefficient (Wildman–Crippen LogP) is 4.48. The van der Waals surface area contributed by atoms with E-state index in [1.54, 1.807) is 0 Å². The van der Waals surface area contributed by atoms with Crippen LogP contribution in [0.5, 0.6) is 5.75 Å². The van der Waals surface area contributed by atoms with Crippen LogP contribution in [-0.4, -0.2) is 36.1 Å². The van der Waals surface area contributed by atoms with E-state index in [9.17, 15) is 18.0 Å². The normalized spacial score (nSPS) is 16.3. The molecule has 1 aromatic carbocycles. The van der Waals surface area contributed by atoms with Crippen molar-refractivity contribution >= 4 is 35.2 Å². The molecule has 1 amide bonds.